The number of anilines is 2. The molecule has 0 radical (unpaired) electrons. The Kier molecular flexibility index (Phi) is 4.84. The van der Waals surface area contributed by atoms with Crippen LogP contribution in [0.2, 0.25) is 0 Å². The Morgan fingerprint density at radius 2 is 2.24 bits per heavy atom. The van der Waals surface area contributed by atoms with Crippen LogP contribution in [0.25, 0.3) is 10.9 Å². The number of H-pyrrole nitrogens is 1. The molecular weight excluding hydrogens is 371 g/mol. The van der Waals surface area contributed by atoms with E-state index in [2.05, 4.69) is 31.7 Å². The van der Waals surface area contributed by atoms with E-state index in [1.54, 1.807) is 6.07 Å². The summed E-state index contributed by atoms with van der Waals surface area (Å²) >= 11 is 0. The molecule has 4 rings (SSSR count). The molecule has 0 saturated heterocycles. The molecule has 2 atom stereocenters. The Morgan fingerprint density at radius 1 is 1.41 bits per heavy atom. The Labute approximate surface area is 168 Å². The van der Waals surface area contributed by atoms with Gasteiger partial charge in [-0.05, 0) is 36.6 Å². The summed E-state index contributed by atoms with van der Waals surface area (Å²) in [5.74, 6) is 0.629. The first-order valence-electron chi connectivity index (χ1n) is 9.59. The van der Waals surface area contributed by atoms with Crippen molar-refractivity contribution in [1.29, 1.82) is 5.26 Å². The van der Waals surface area contributed by atoms with Crippen LogP contribution in [0.15, 0.2) is 30.6 Å². The van der Waals surface area contributed by atoms with E-state index in [-0.39, 0.29) is 23.4 Å². The number of benzene rings is 1. The van der Waals surface area contributed by atoms with Gasteiger partial charge in [0.2, 0.25) is 5.95 Å². The molecule has 0 unspecified atom stereocenters. The van der Waals surface area contributed by atoms with Gasteiger partial charge in [-0.25, -0.2) is 9.37 Å². The smallest absolute Gasteiger partial charge is 0.224 e. The number of hydrogen-bond acceptors (Lipinski definition) is 6. The van der Waals surface area contributed by atoms with E-state index in [9.17, 15) is 14.8 Å². The highest BCUT2D eigenvalue weighted by Gasteiger charge is 2.47. The van der Waals surface area contributed by atoms with Crippen LogP contribution < -0.4 is 10.6 Å². The number of aromatic amines is 1. The monoisotopic (exact) mass is 394 g/mol. The van der Waals surface area contributed by atoms with Gasteiger partial charge in [-0.15, -0.1) is 0 Å². The van der Waals surface area contributed by atoms with Crippen molar-refractivity contribution in [2.45, 2.75) is 38.8 Å². The normalized spacial score (nSPS) is 20.1. The van der Waals surface area contributed by atoms with Crippen LogP contribution in [0.5, 0.6) is 0 Å². The Morgan fingerprint density at radius 3 is 2.97 bits per heavy atom. The average Bonchev–Trinajstić information content (AvgIpc) is 3.10. The third kappa shape index (κ3) is 3.61. The fraction of sp³-hybridized carbons (Fsp3) is 0.381. The van der Waals surface area contributed by atoms with Gasteiger partial charge in [0.25, 0.3) is 0 Å². The lowest BCUT2D eigenvalue weighted by Crippen LogP contribution is -2.57. The molecule has 7 nitrogen and oxygen atoms in total. The number of nitrogens with one attached hydrogen (secondary N) is 3. The first kappa shape index (κ1) is 19.2. The Hall–Kier alpha value is -3.18. The highest BCUT2D eigenvalue weighted by atomic mass is 19.1. The summed E-state index contributed by atoms with van der Waals surface area (Å²) in [7, 11) is 0. The average molecular weight is 394 g/mol. The minimum atomic E-state index is -0.366. The molecule has 1 aromatic carbocycles. The number of aromatic nitrogens is 3. The fourth-order valence-corrected chi connectivity index (χ4v) is 3.65. The molecule has 0 amide bonds. The highest BCUT2D eigenvalue weighted by molar-refractivity contribution is 5.83. The minimum Gasteiger partial charge on any atom is -0.392 e. The molecule has 0 aliphatic heterocycles. The molecule has 150 valence electrons. The van der Waals surface area contributed by atoms with E-state index >= 15 is 0 Å². The van der Waals surface area contributed by atoms with Gasteiger partial charge in [0, 0.05) is 35.1 Å². The van der Waals surface area contributed by atoms with Crippen molar-refractivity contribution in [3.63, 3.8) is 0 Å². The van der Waals surface area contributed by atoms with Crippen molar-refractivity contribution < 1.29 is 9.50 Å². The van der Waals surface area contributed by atoms with Gasteiger partial charge in [-0.3, -0.25) is 0 Å². The summed E-state index contributed by atoms with van der Waals surface area (Å²) in [5, 5.41) is 26.7. The largest absolute Gasteiger partial charge is 0.392 e. The van der Waals surface area contributed by atoms with Crippen molar-refractivity contribution in [2.24, 2.45) is 5.41 Å². The van der Waals surface area contributed by atoms with Crippen LogP contribution in [0.3, 0.4) is 0 Å². The zero-order valence-electron chi connectivity index (χ0n) is 16.3. The summed E-state index contributed by atoms with van der Waals surface area (Å²) < 4.78 is 13.3. The van der Waals surface area contributed by atoms with Gasteiger partial charge in [0.15, 0.2) is 0 Å². The first-order chi connectivity index (χ1) is 13.9. The molecule has 29 heavy (non-hydrogen) atoms. The maximum Gasteiger partial charge on any atom is 0.224 e. The number of aliphatic hydroxyl groups is 1. The molecule has 1 aliphatic rings. The lowest BCUT2D eigenvalue weighted by Gasteiger charge is -2.49. The highest BCUT2D eigenvalue weighted by Crippen LogP contribution is 2.42. The second-order valence-corrected chi connectivity index (χ2v) is 8.02. The summed E-state index contributed by atoms with van der Waals surface area (Å²) in [4.78, 5) is 11.7. The molecule has 2 aromatic heterocycles. The van der Waals surface area contributed by atoms with Gasteiger partial charge >= 0.3 is 0 Å². The zero-order chi connectivity index (χ0) is 20.6. The molecule has 0 spiro atoms. The third-order valence-corrected chi connectivity index (χ3v) is 5.84. The van der Waals surface area contributed by atoms with Crippen LogP contribution in [-0.4, -0.2) is 38.7 Å². The SMILES string of the molecule is CC1(C)[C@@H](O)C[C@H]1Nc1nc(NCCc2c[nH]c3cc(F)ccc23)ncc1C#N. The third-order valence-electron chi connectivity index (χ3n) is 5.84. The minimum absolute atomic E-state index is 0.0407. The fourth-order valence-electron chi connectivity index (χ4n) is 3.65. The molecule has 2 heterocycles. The van der Waals surface area contributed by atoms with E-state index in [4.69, 9.17) is 0 Å². The van der Waals surface area contributed by atoms with Crippen molar-refractivity contribution in [3.05, 3.63) is 47.5 Å². The summed E-state index contributed by atoms with van der Waals surface area (Å²) in [6.45, 7) is 4.56. The van der Waals surface area contributed by atoms with Crippen molar-refractivity contribution >= 4 is 22.7 Å². The molecule has 8 heteroatoms. The lowest BCUT2D eigenvalue weighted by molar-refractivity contribution is -0.0511. The first-order valence-corrected chi connectivity index (χ1v) is 9.59. The van der Waals surface area contributed by atoms with E-state index in [0.717, 1.165) is 16.5 Å². The topological polar surface area (TPSA) is 110 Å². The van der Waals surface area contributed by atoms with Gasteiger partial charge in [-0.1, -0.05) is 13.8 Å². The van der Waals surface area contributed by atoms with Crippen molar-refractivity contribution in [1.82, 2.24) is 15.0 Å². The molecule has 1 fully saturated rings. The number of nitrogens with zero attached hydrogens (tertiary/aromatic N) is 3. The number of nitriles is 1. The summed E-state index contributed by atoms with van der Waals surface area (Å²) in [5.41, 5.74) is 1.93. The number of fused-ring (bicyclic) bond motifs is 1. The number of aliphatic hydroxyl groups excluding tert-OH is 1. The van der Waals surface area contributed by atoms with Crippen molar-refractivity contribution in [2.75, 3.05) is 17.2 Å². The maximum absolute atomic E-state index is 13.3. The number of hydrogen-bond donors (Lipinski definition) is 4. The van der Waals surface area contributed by atoms with E-state index in [1.807, 2.05) is 20.0 Å². The molecule has 4 N–H and O–H groups in total. The van der Waals surface area contributed by atoms with Crippen LogP contribution >= 0.6 is 0 Å². The van der Waals surface area contributed by atoms with Crippen LogP contribution in [0.4, 0.5) is 16.2 Å². The summed E-state index contributed by atoms with van der Waals surface area (Å²) in [6, 6.07) is 6.85. The predicted octanol–water partition coefficient (Wildman–Crippen LogP) is 3.19. The van der Waals surface area contributed by atoms with Crippen molar-refractivity contribution in [3.8, 4) is 6.07 Å². The molecule has 1 aliphatic carbocycles. The predicted molar refractivity (Wildman–Crippen MR) is 109 cm³/mol. The van der Waals surface area contributed by atoms with Crippen LogP contribution in [0, 0.1) is 22.6 Å². The van der Waals surface area contributed by atoms with E-state index in [1.165, 1.54) is 18.3 Å². The van der Waals surface area contributed by atoms with Gasteiger partial charge in [-0.2, -0.15) is 10.2 Å². The van der Waals surface area contributed by atoms with Gasteiger partial charge < -0.3 is 20.7 Å². The van der Waals surface area contributed by atoms with Crippen LogP contribution in [0.1, 0.15) is 31.4 Å². The second kappa shape index (κ2) is 7.33. The molecule has 1 saturated carbocycles. The Bertz CT molecular complexity index is 1090. The summed E-state index contributed by atoms with van der Waals surface area (Å²) in [6.07, 6.45) is 4.33. The molecular formula is C21H23FN6O. The number of halogens is 1. The zero-order valence-corrected chi connectivity index (χ0v) is 16.3. The molecule has 0 bridgehead atoms. The maximum atomic E-state index is 13.3. The van der Waals surface area contributed by atoms with Crippen LogP contribution in [-0.2, 0) is 6.42 Å². The van der Waals surface area contributed by atoms with Gasteiger partial charge in [0.1, 0.15) is 23.3 Å². The van der Waals surface area contributed by atoms with E-state index in [0.29, 0.717) is 36.7 Å². The number of rotatable bonds is 6. The molecule has 3 aromatic rings. The van der Waals surface area contributed by atoms with E-state index < -0.39 is 0 Å². The standard InChI is InChI=1S/C21H23FN6O/c1-21(2)17(8-18(21)29)27-19-13(9-23)11-26-20(28-19)24-6-5-12-10-25-16-7-14(22)3-4-15(12)16/h3-4,7,10-11,17-18,25,29H,5-6,8H2,1-2H3,(H2,24,26,27,28)/t17-,18+/m1/s1. The second-order valence-electron chi connectivity index (χ2n) is 8.02. The van der Waals surface area contributed by atoms with Gasteiger partial charge in [0.05, 0.1) is 12.3 Å². The quantitative estimate of drug-likeness (QED) is 0.511. The Balaban J connectivity index is 1.43. The lowest BCUT2D eigenvalue weighted by atomic mass is 9.64.